The maximum Gasteiger partial charge on any atom is 0.306 e. The molecule has 12 heavy (non-hydrogen) atoms. The van der Waals surface area contributed by atoms with Crippen LogP contribution < -0.4 is 5.32 Å². The minimum atomic E-state index is -0.0828. The normalized spacial score (nSPS) is 28.8. The summed E-state index contributed by atoms with van der Waals surface area (Å²) in [6, 6.07) is 0. The quantitative estimate of drug-likeness (QED) is 0.642. The summed E-state index contributed by atoms with van der Waals surface area (Å²) in [6.07, 6.45) is 2.71. The molecule has 3 heteroatoms. The number of nitrogens with one attached hydrogen (secondary N) is 1. The highest BCUT2D eigenvalue weighted by molar-refractivity contribution is 5.70. The molecule has 0 aromatic heterocycles. The lowest BCUT2D eigenvalue weighted by atomic mass is 9.81. The van der Waals surface area contributed by atoms with E-state index in [1.807, 2.05) is 0 Å². The van der Waals surface area contributed by atoms with Crippen molar-refractivity contribution >= 4 is 5.97 Å². The summed E-state index contributed by atoms with van der Waals surface area (Å²) in [5.41, 5.74) is 0.174. The molecule has 70 valence electrons. The molecule has 1 unspecified atom stereocenters. The molecule has 0 saturated carbocycles. The van der Waals surface area contributed by atoms with E-state index in [0.29, 0.717) is 6.42 Å². The molecule has 0 aromatic rings. The second kappa shape index (κ2) is 3.90. The van der Waals surface area contributed by atoms with Crippen molar-refractivity contribution in [2.45, 2.75) is 26.2 Å². The zero-order chi connectivity index (χ0) is 9.03. The average Bonchev–Trinajstić information content (AvgIpc) is 2.54. The van der Waals surface area contributed by atoms with Gasteiger partial charge in [-0.25, -0.2) is 0 Å². The first kappa shape index (κ1) is 9.52. The van der Waals surface area contributed by atoms with Crippen LogP contribution in [0.25, 0.3) is 0 Å². The summed E-state index contributed by atoms with van der Waals surface area (Å²) in [5, 5.41) is 3.29. The van der Waals surface area contributed by atoms with E-state index in [9.17, 15) is 4.79 Å². The molecule has 1 N–H and O–H groups in total. The monoisotopic (exact) mass is 171 g/mol. The van der Waals surface area contributed by atoms with Gasteiger partial charge in [0, 0.05) is 6.54 Å². The lowest BCUT2D eigenvalue weighted by Gasteiger charge is -2.24. The molecule has 0 radical (unpaired) electrons. The van der Waals surface area contributed by atoms with Crippen LogP contribution in [0, 0.1) is 5.41 Å². The van der Waals surface area contributed by atoms with Crippen molar-refractivity contribution in [3.05, 3.63) is 0 Å². The van der Waals surface area contributed by atoms with E-state index >= 15 is 0 Å². The summed E-state index contributed by atoms with van der Waals surface area (Å²) < 4.78 is 4.67. The zero-order valence-electron chi connectivity index (χ0n) is 7.85. The van der Waals surface area contributed by atoms with Gasteiger partial charge >= 0.3 is 5.97 Å². The number of rotatable bonds is 3. The third-order valence-electron chi connectivity index (χ3n) is 2.83. The Morgan fingerprint density at radius 1 is 1.67 bits per heavy atom. The predicted molar refractivity (Wildman–Crippen MR) is 46.8 cm³/mol. The highest BCUT2D eigenvalue weighted by Crippen LogP contribution is 2.33. The molecule has 0 aliphatic carbocycles. The first-order valence-corrected chi connectivity index (χ1v) is 4.50. The Balaban J connectivity index is 2.49. The van der Waals surface area contributed by atoms with Crippen molar-refractivity contribution in [2.75, 3.05) is 20.2 Å². The van der Waals surface area contributed by atoms with Crippen LogP contribution in [0.5, 0.6) is 0 Å². The van der Waals surface area contributed by atoms with E-state index in [1.165, 1.54) is 7.11 Å². The fraction of sp³-hybridized carbons (Fsp3) is 0.889. The standard InChI is InChI=1S/C9H17NO2/c1-3-9(4-5-10-7-9)6-8(11)12-2/h10H,3-7H2,1-2H3. The van der Waals surface area contributed by atoms with Crippen LogP contribution in [-0.2, 0) is 9.53 Å². The van der Waals surface area contributed by atoms with Crippen LogP contribution in [0.2, 0.25) is 0 Å². The van der Waals surface area contributed by atoms with Gasteiger partial charge in [-0.15, -0.1) is 0 Å². The van der Waals surface area contributed by atoms with Crippen LogP contribution in [-0.4, -0.2) is 26.2 Å². The van der Waals surface area contributed by atoms with Gasteiger partial charge in [0.2, 0.25) is 0 Å². The number of esters is 1. The van der Waals surface area contributed by atoms with Gasteiger partial charge in [0.15, 0.2) is 0 Å². The van der Waals surface area contributed by atoms with E-state index in [4.69, 9.17) is 0 Å². The van der Waals surface area contributed by atoms with E-state index in [2.05, 4.69) is 17.0 Å². The maximum absolute atomic E-state index is 11.1. The molecule has 1 rings (SSSR count). The maximum atomic E-state index is 11.1. The SMILES string of the molecule is CCC1(CC(=O)OC)CCNC1. The van der Waals surface area contributed by atoms with Gasteiger partial charge in [-0.3, -0.25) is 4.79 Å². The number of hydrogen-bond donors (Lipinski definition) is 1. The molecule has 1 aliphatic rings. The molecule has 0 amide bonds. The topological polar surface area (TPSA) is 38.3 Å². The van der Waals surface area contributed by atoms with Crippen LogP contribution in [0.3, 0.4) is 0 Å². The molecular formula is C9H17NO2. The first-order valence-electron chi connectivity index (χ1n) is 4.50. The van der Waals surface area contributed by atoms with Crippen molar-refractivity contribution in [1.29, 1.82) is 0 Å². The minimum Gasteiger partial charge on any atom is -0.469 e. The Labute approximate surface area is 73.5 Å². The second-order valence-electron chi connectivity index (χ2n) is 3.53. The van der Waals surface area contributed by atoms with Gasteiger partial charge in [0.1, 0.15) is 0 Å². The molecule has 1 saturated heterocycles. The fourth-order valence-electron chi connectivity index (χ4n) is 1.75. The Bertz CT molecular complexity index is 162. The molecule has 1 fully saturated rings. The minimum absolute atomic E-state index is 0.0828. The summed E-state index contributed by atoms with van der Waals surface area (Å²) in [7, 11) is 1.45. The molecule has 0 spiro atoms. The van der Waals surface area contributed by atoms with Crippen LogP contribution in [0.15, 0.2) is 0 Å². The number of ether oxygens (including phenoxy) is 1. The molecule has 1 atom stereocenters. The van der Waals surface area contributed by atoms with Crippen LogP contribution >= 0.6 is 0 Å². The van der Waals surface area contributed by atoms with E-state index < -0.39 is 0 Å². The first-order chi connectivity index (χ1) is 5.72. The summed E-state index contributed by atoms with van der Waals surface area (Å²) in [5.74, 6) is -0.0828. The van der Waals surface area contributed by atoms with Gasteiger partial charge in [0.05, 0.1) is 13.5 Å². The summed E-state index contributed by atoms with van der Waals surface area (Å²) in [4.78, 5) is 11.1. The largest absolute Gasteiger partial charge is 0.469 e. The van der Waals surface area contributed by atoms with Crippen molar-refractivity contribution < 1.29 is 9.53 Å². The summed E-state index contributed by atoms with van der Waals surface area (Å²) >= 11 is 0. The highest BCUT2D eigenvalue weighted by atomic mass is 16.5. The van der Waals surface area contributed by atoms with Crippen molar-refractivity contribution in [3.8, 4) is 0 Å². The third kappa shape index (κ3) is 1.97. The molecule has 0 aromatic carbocycles. The molecule has 0 bridgehead atoms. The Kier molecular flexibility index (Phi) is 3.09. The molecular weight excluding hydrogens is 154 g/mol. The smallest absolute Gasteiger partial charge is 0.306 e. The second-order valence-corrected chi connectivity index (χ2v) is 3.53. The third-order valence-corrected chi connectivity index (χ3v) is 2.83. The van der Waals surface area contributed by atoms with E-state index in [0.717, 1.165) is 25.9 Å². The average molecular weight is 171 g/mol. The van der Waals surface area contributed by atoms with Gasteiger partial charge in [0.25, 0.3) is 0 Å². The fourth-order valence-corrected chi connectivity index (χ4v) is 1.75. The Morgan fingerprint density at radius 3 is 2.83 bits per heavy atom. The lowest BCUT2D eigenvalue weighted by molar-refractivity contribution is -0.143. The van der Waals surface area contributed by atoms with Gasteiger partial charge in [-0.05, 0) is 24.8 Å². The van der Waals surface area contributed by atoms with Crippen molar-refractivity contribution in [2.24, 2.45) is 5.41 Å². The summed E-state index contributed by atoms with van der Waals surface area (Å²) in [6.45, 7) is 4.12. The number of carbonyl (C=O) groups is 1. The Hall–Kier alpha value is -0.570. The zero-order valence-corrected chi connectivity index (χ0v) is 7.85. The van der Waals surface area contributed by atoms with Crippen molar-refractivity contribution in [1.82, 2.24) is 5.32 Å². The van der Waals surface area contributed by atoms with E-state index in [1.54, 1.807) is 0 Å². The molecule has 1 aliphatic heterocycles. The number of hydrogen-bond acceptors (Lipinski definition) is 3. The van der Waals surface area contributed by atoms with Gasteiger partial charge in [-0.2, -0.15) is 0 Å². The predicted octanol–water partition coefficient (Wildman–Crippen LogP) is 0.939. The highest BCUT2D eigenvalue weighted by Gasteiger charge is 2.34. The number of methoxy groups -OCH3 is 1. The molecule has 1 heterocycles. The molecule has 3 nitrogen and oxygen atoms in total. The van der Waals surface area contributed by atoms with Crippen LogP contribution in [0.1, 0.15) is 26.2 Å². The van der Waals surface area contributed by atoms with Crippen LogP contribution in [0.4, 0.5) is 0 Å². The Morgan fingerprint density at radius 2 is 2.42 bits per heavy atom. The van der Waals surface area contributed by atoms with Crippen molar-refractivity contribution in [3.63, 3.8) is 0 Å². The van der Waals surface area contributed by atoms with E-state index in [-0.39, 0.29) is 11.4 Å². The number of carbonyl (C=O) groups excluding carboxylic acids is 1. The van der Waals surface area contributed by atoms with Gasteiger partial charge in [-0.1, -0.05) is 6.92 Å². The lowest BCUT2D eigenvalue weighted by Crippen LogP contribution is -2.26. The van der Waals surface area contributed by atoms with Gasteiger partial charge < -0.3 is 10.1 Å².